The van der Waals surface area contributed by atoms with E-state index in [0.29, 0.717) is 6.04 Å². The fraction of sp³-hybridized carbons (Fsp3) is 0.294. The van der Waals surface area contributed by atoms with Gasteiger partial charge in [0.1, 0.15) is 17.0 Å². The van der Waals surface area contributed by atoms with Crippen molar-refractivity contribution in [2.45, 2.75) is 25.8 Å². The van der Waals surface area contributed by atoms with Crippen LogP contribution in [0.25, 0.3) is 10.2 Å². The second-order valence-corrected chi connectivity index (χ2v) is 6.63. The molecule has 1 N–H and O–H groups in total. The van der Waals surface area contributed by atoms with Crippen molar-refractivity contribution in [2.24, 2.45) is 5.92 Å². The molecule has 1 fully saturated rings. The SMILES string of the molecule is Cc1ccc(C(Nc2ncnc3sccc23)C2CC2)cc1. The Hall–Kier alpha value is -1.94. The van der Waals surface area contributed by atoms with Crippen LogP contribution in [0.15, 0.2) is 42.0 Å². The number of anilines is 1. The zero-order valence-electron chi connectivity index (χ0n) is 11.9. The molecule has 0 amide bonds. The van der Waals surface area contributed by atoms with Crippen molar-refractivity contribution in [1.29, 1.82) is 0 Å². The van der Waals surface area contributed by atoms with E-state index in [0.717, 1.165) is 22.0 Å². The van der Waals surface area contributed by atoms with Crippen molar-refractivity contribution in [1.82, 2.24) is 9.97 Å². The summed E-state index contributed by atoms with van der Waals surface area (Å²) >= 11 is 1.66. The van der Waals surface area contributed by atoms with E-state index in [1.54, 1.807) is 17.7 Å². The predicted octanol–water partition coefficient (Wildman–Crippen LogP) is 4.56. The van der Waals surface area contributed by atoms with Crippen LogP contribution in [0.3, 0.4) is 0 Å². The Morgan fingerprint density at radius 1 is 1.14 bits per heavy atom. The van der Waals surface area contributed by atoms with Gasteiger partial charge in [0.2, 0.25) is 0 Å². The summed E-state index contributed by atoms with van der Waals surface area (Å²) in [5.41, 5.74) is 2.65. The monoisotopic (exact) mass is 295 g/mol. The van der Waals surface area contributed by atoms with Crippen LogP contribution in [0.2, 0.25) is 0 Å². The maximum atomic E-state index is 4.46. The van der Waals surface area contributed by atoms with Crippen molar-refractivity contribution in [2.75, 3.05) is 5.32 Å². The summed E-state index contributed by atoms with van der Waals surface area (Å²) in [6, 6.07) is 11.3. The summed E-state index contributed by atoms with van der Waals surface area (Å²) in [6.45, 7) is 2.13. The number of benzene rings is 1. The highest BCUT2D eigenvalue weighted by Crippen LogP contribution is 2.43. The number of rotatable bonds is 4. The average molecular weight is 295 g/mol. The number of hydrogen-bond donors (Lipinski definition) is 1. The lowest BCUT2D eigenvalue weighted by atomic mass is 10.0. The Morgan fingerprint density at radius 2 is 1.95 bits per heavy atom. The maximum absolute atomic E-state index is 4.46. The molecule has 0 spiro atoms. The van der Waals surface area contributed by atoms with E-state index in [1.807, 2.05) is 0 Å². The van der Waals surface area contributed by atoms with Crippen LogP contribution < -0.4 is 5.32 Å². The first-order chi connectivity index (χ1) is 10.3. The number of nitrogens with one attached hydrogen (secondary N) is 1. The summed E-state index contributed by atoms with van der Waals surface area (Å²) in [5.74, 6) is 1.68. The third-order valence-electron chi connectivity index (χ3n) is 4.08. The Morgan fingerprint density at radius 3 is 2.71 bits per heavy atom. The number of aromatic nitrogens is 2. The molecule has 0 aliphatic heterocycles. The first kappa shape index (κ1) is 12.8. The molecule has 2 heterocycles. The summed E-state index contributed by atoms with van der Waals surface area (Å²) in [5, 5.41) is 6.86. The van der Waals surface area contributed by atoms with Gasteiger partial charge in [0.15, 0.2) is 0 Å². The molecule has 4 heteroatoms. The van der Waals surface area contributed by atoms with Crippen molar-refractivity contribution in [3.05, 3.63) is 53.2 Å². The Kier molecular flexibility index (Phi) is 3.11. The van der Waals surface area contributed by atoms with Gasteiger partial charge in [-0.1, -0.05) is 29.8 Å². The van der Waals surface area contributed by atoms with Gasteiger partial charge in [-0.05, 0) is 42.7 Å². The Labute approximate surface area is 128 Å². The summed E-state index contributed by atoms with van der Waals surface area (Å²) < 4.78 is 0. The van der Waals surface area contributed by atoms with E-state index >= 15 is 0 Å². The largest absolute Gasteiger partial charge is 0.362 e. The fourth-order valence-electron chi connectivity index (χ4n) is 2.73. The van der Waals surface area contributed by atoms with E-state index < -0.39 is 0 Å². The molecular formula is C17H17N3S. The van der Waals surface area contributed by atoms with Gasteiger partial charge in [0, 0.05) is 0 Å². The van der Waals surface area contributed by atoms with Gasteiger partial charge in [-0.2, -0.15) is 0 Å². The number of aryl methyl sites for hydroxylation is 1. The molecule has 1 aromatic carbocycles. The van der Waals surface area contributed by atoms with Gasteiger partial charge in [0.25, 0.3) is 0 Å². The highest BCUT2D eigenvalue weighted by molar-refractivity contribution is 7.16. The van der Waals surface area contributed by atoms with E-state index in [-0.39, 0.29) is 0 Å². The van der Waals surface area contributed by atoms with Crippen LogP contribution in [0.4, 0.5) is 5.82 Å². The van der Waals surface area contributed by atoms with Crippen molar-refractivity contribution >= 4 is 27.4 Å². The van der Waals surface area contributed by atoms with E-state index in [9.17, 15) is 0 Å². The summed E-state index contributed by atoms with van der Waals surface area (Å²) in [6.07, 6.45) is 4.24. The molecule has 1 aliphatic carbocycles. The first-order valence-corrected chi connectivity index (χ1v) is 8.20. The van der Waals surface area contributed by atoms with Crippen LogP contribution in [0, 0.1) is 12.8 Å². The minimum absolute atomic E-state index is 0.351. The third-order valence-corrected chi connectivity index (χ3v) is 4.90. The number of nitrogens with zero attached hydrogens (tertiary/aromatic N) is 2. The first-order valence-electron chi connectivity index (χ1n) is 7.32. The smallest absolute Gasteiger partial charge is 0.138 e. The lowest BCUT2D eigenvalue weighted by molar-refractivity contribution is 0.676. The maximum Gasteiger partial charge on any atom is 0.138 e. The lowest BCUT2D eigenvalue weighted by Crippen LogP contribution is -2.14. The second kappa shape index (κ2) is 5.11. The molecule has 106 valence electrons. The normalized spacial score (nSPS) is 16.0. The summed E-state index contributed by atoms with van der Waals surface area (Å²) in [7, 11) is 0. The molecule has 21 heavy (non-hydrogen) atoms. The van der Waals surface area contributed by atoms with Crippen molar-refractivity contribution < 1.29 is 0 Å². The highest BCUT2D eigenvalue weighted by atomic mass is 32.1. The molecule has 1 atom stereocenters. The van der Waals surface area contributed by atoms with Crippen LogP contribution in [0.1, 0.15) is 30.0 Å². The molecule has 3 aromatic rings. The number of hydrogen-bond acceptors (Lipinski definition) is 4. The average Bonchev–Trinajstić information content (AvgIpc) is 3.22. The molecular weight excluding hydrogens is 278 g/mol. The third kappa shape index (κ3) is 2.51. The van der Waals surface area contributed by atoms with Crippen molar-refractivity contribution in [3.63, 3.8) is 0 Å². The Balaban J connectivity index is 1.69. The molecule has 1 aliphatic rings. The van der Waals surface area contributed by atoms with Gasteiger partial charge in [-0.3, -0.25) is 0 Å². The lowest BCUT2D eigenvalue weighted by Gasteiger charge is -2.20. The van der Waals surface area contributed by atoms with Gasteiger partial charge < -0.3 is 5.32 Å². The van der Waals surface area contributed by atoms with Gasteiger partial charge in [-0.15, -0.1) is 11.3 Å². The second-order valence-electron chi connectivity index (χ2n) is 5.73. The molecule has 0 bridgehead atoms. The minimum Gasteiger partial charge on any atom is -0.362 e. The van der Waals surface area contributed by atoms with E-state index in [4.69, 9.17) is 0 Å². The summed E-state index contributed by atoms with van der Waals surface area (Å²) in [4.78, 5) is 9.83. The van der Waals surface area contributed by atoms with Crippen LogP contribution in [-0.4, -0.2) is 9.97 Å². The topological polar surface area (TPSA) is 37.8 Å². The van der Waals surface area contributed by atoms with Gasteiger partial charge in [0.05, 0.1) is 11.4 Å². The fourth-order valence-corrected chi connectivity index (χ4v) is 3.46. The molecule has 0 radical (unpaired) electrons. The molecule has 2 aromatic heterocycles. The zero-order chi connectivity index (χ0) is 14.2. The minimum atomic E-state index is 0.351. The highest BCUT2D eigenvalue weighted by Gasteiger charge is 2.32. The molecule has 4 rings (SSSR count). The van der Waals surface area contributed by atoms with Gasteiger partial charge >= 0.3 is 0 Å². The van der Waals surface area contributed by atoms with E-state index in [2.05, 4.69) is 57.9 Å². The number of thiophene rings is 1. The standard InChI is InChI=1S/C17H17N3S/c1-11-2-4-12(5-3-11)15(13-6-7-13)20-16-14-8-9-21-17(14)19-10-18-16/h2-5,8-10,13,15H,6-7H2,1H3,(H,18,19,20). The van der Waals surface area contributed by atoms with Crippen LogP contribution in [-0.2, 0) is 0 Å². The van der Waals surface area contributed by atoms with Crippen molar-refractivity contribution in [3.8, 4) is 0 Å². The number of fused-ring (bicyclic) bond motifs is 1. The van der Waals surface area contributed by atoms with Crippen LogP contribution in [0.5, 0.6) is 0 Å². The zero-order valence-corrected chi connectivity index (χ0v) is 12.7. The van der Waals surface area contributed by atoms with Crippen LogP contribution >= 0.6 is 11.3 Å². The molecule has 1 unspecified atom stereocenters. The molecule has 3 nitrogen and oxygen atoms in total. The molecule has 1 saturated carbocycles. The molecule has 0 saturated heterocycles. The quantitative estimate of drug-likeness (QED) is 0.766. The Bertz CT molecular complexity index is 759. The predicted molar refractivity (Wildman–Crippen MR) is 87.7 cm³/mol. The van der Waals surface area contributed by atoms with E-state index in [1.165, 1.54) is 24.0 Å². The van der Waals surface area contributed by atoms with Gasteiger partial charge in [-0.25, -0.2) is 9.97 Å².